The van der Waals surface area contributed by atoms with Crippen LogP contribution in [0, 0.1) is 0 Å². The number of rotatable bonds is 5. The fourth-order valence-corrected chi connectivity index (χ4v) is 3.50. The number of amides is 1. The van der Waals surface area contributed by atoms with E-state index in [1.54, 1.807) is 55.7 Å². The van der Waals surface area contributed by atoms with Crippen molar-refractivity contribution in [2.45, 2.75) is 0 Å². The molecule has 8 nitrogen and oxygen atoms in total. The lowest BCUT2D eigenvalue weighted by atomic mass is 10.1. The molecular weight excluding hydrogens is 408 g/mol. The van der Waals surface area contributed by atoms with E-state index in [4.69, 9.17) is 31.2 Å². The number of fused-ring (bicyclic) bond motifs is 1. The predicted octanol–water partition coefficient (Wildman–Crippen LogP) is 2.57. The second-order valence-electron chi connectivity index (χ2n) is 6.43. The van der Waals surface area contributed by atoms with E-state index in [2.05, 4.69) is 0 Å². The largest absolute Gasteiger partial charge is 0.497 e. The van der Waals surface area contributed by atoms with Crippen molar-refractivity contribution in [3.63, 3.8) is 0 Å². The molecule has 0 saturated carbocycles. The molecule has 0 unspecified atom stereocenters. The van der Waals surface area contributed by atoms with Gasteiger partial charge >= 0.3 is 5.97 Å². The first-order chi connectivity index (χ1) is 14.5. The van der Waals surface area contributed by atoms with Gasteiger partial charge in [-0.1, -0.05) is 6.07 Å². The molecule has 2 heterocycles. The van der Waals surface area contributed by atoms with Gasteiger partial charge in [0.15, 0.2) is 16.6 Å². The number of esters is 1. The summed E-state index contributed by atoms with van der Waals surface area (Å²) in [5.74, 6) is 1.00. The van der Waals surface area contributed by atoms with Gasteiger partial charge in [0.05, 0.1) is 19.9 Å². The van der Waals surface area contributed by atoms with Crippen LogP contribution in [0.15, 0.2) is 48.2 Å². The van der Waals surface area contributed by atoms with Crippen LogP contribution < -0.4 is 19.1 Å². The first kappa shape index (κ1) is 19.7. The maximum absolute atomic E-state index is 13.3. The van der Waals surface area contributed by atoms with Crippen LogP contribution in [0.5, 0.6) is 17.2 Å². The molecule has 2 aromatic rings. The molecule has 0 spiro atoms. The van der Waals surface area contributed by atoms with Crippen LogP contribution in [0.1, 0.15) is 5.56 Å². The van der Waals surface area contributed by atoms with Crippen molar-refractivity contribution in [3.8, 4) is 17.2 Å². The van der Waals surface area contributed by atoms with E-state index in [0.29, 0.717) is 28.5 Å². The lowest BCUT2D eigenvalue weighted by Gasteiger charge is -2.19. The Morgan fingerprint density at radius 2 is 1.87 bits per heavy atom. The molecule has 9 heteroatoms. The van der Waals surface area contributed by atoms with Crippen LogP contribution in [0.25, 0.3) is 6.08 Å². The van der Waals surface area contributed by atoms with E-state index in [1.165, 1.54) is 16.9 Å². The molecule has 1 saturated heterocycles. The molecule has 154 valence electrons. The van der Waals surface area contributed by atoms with Gasteiger partial charge in [-0.2, -0.15) is 0 Å². The molecule has 1 amide bonds. The van der Waals surface area contributed by atoms with Crippen LogP contribution in [0.2, 0.25) is 0 Å². The molecule has 1 fully saturated rings. The highest BCUT2D eigenvalue weighted by Crippen LogP contribution is 2.35. The second kappa shape index (κ2) is 8.03. The highest BCUT2D eigenvalue weighted by Gasteiger charge is 2.40. The highest BCUT2D eigenvalue weighted by atomic mass is 32.1. The lowest BCUT2D eigenvalue weighted by Crippen LogP contribution is -2.35. The molecule has 0 aliphatic carbocycles. The molecule has 30 heavy (non-hydrogen) atoms. The van der Waals surface area contributed by atoms with Gasteiger partial charge in [-0.25, -0.2) is 0 Å². The Kier molecular flexibility index (Phi) is 5.28. The lowest BCUT2D eigenvalue weighted by molar-refractivity contribution is -0.140. The second-order valence-corrected chi connectivity index (χ2v) is 6.79. The molecule has 0 bridgehead atoms. The maximum atomic E-state index is 13.3. The number of carbonyl (C=O) groups is 2. The van der Waals surface area contributed by atoms with Crippen molar-refractivity contribution >= 4 is 41.0 Å². The van der Waals surface area contributed by atoms with Gasteiger partial charge in [-0.3, -0.25) is 14.5 Å². The summed E-state index contributed by atoms with van der Waals surface area (Å²) in [7, 11) is 2.84. The third kappa shape index (κ3) is 3.55. The summed E-state index contributed by atoms with van der Waals surface area (Å²) in [6, 6.07) is 12.2. The molecule has 0 atom stereocenters. The Morgan fingerprint density at radius 1 is 1.13 bits per heavy atom. The van der Waals surface area contributed by atoms with E-state index in [0.717, 1.165) is 0 Å². The monoisotopic (exact) mass is 426 g/mol. The number of ether oxygens (including phenoxy) is 4. The minimum absolute atomic E-state index is 0.151. The van der Waals surface area contributed by atoms with E-state index in [9.17, 15) is 9.59 Å². The quantitative estimate of drug-likeness (QED) is 0.410. The Hall–Kier alpha value is -3.59. The molecule has 4 rings (SSSR count). The number of benzene rings is 2. The van der Waals surface area contributed by atoms with Gasteiger partial charge in [-0.15, -0.1) is 0 Å². The number of carbonyl (C=O) groups excluding carboxylic acids is 2. The third-order valence-corrected chi connectivity index (χ3v) is 5.08. The smallest absolute Gasteiger partial charge is 0.325 e. The minimum Gasteiger partial charge on any atom is -0.497 e. The average Bonchev–Trinajstić information content (AvgIpc) is 3.32. The zero-order valence-corrected chi connectivity index (χ0v) is 17.1. The number of hydrogen-bond donors (Lipinski definition) is 0. The molecule has 0 radical (unpaired) electrons. The number of hydrogen-bond acceptors (Lipinski definition) is 7. The fourth-order valence-electron chi connectivity index (χ4n) is 3.15. The first-order valence-corrected chi connectivity index (χ1v) is 9.41. The maximum Gasteiger partial charge on any atom is 0.325 e. The Morgan fingerprint density at radius 3 is 2.57 bits per heavy atom. The van der Waals surface area contributed by atoms with Crippen LogP contribution >= 0.6 is 12.2 Å². The molecule has 0 N–H and O–H groups in total. The van der Waals surface area contributed by atoms with Gasteiger partial charge in [0.2, 0.25) is 6.79 Å². The van der Waals surface area contributed by atoms with E-state index < -0.39 is 5.97 Å². The summed E-state index contributed by atoms with van der Waals surface area (Å²) < 4.78 is 20.7. The van der Waals surface area contributed by atoms with Gasteiger partial charge in [0.1, 0.15) is 18.0 Å². The van der Waals surface area contributed by atoms with Gasteiger partial charge in [0, 0.05) is 0 Å². The summed E-state index contributed by atoms with van der Waals surface area (Å²) in [6.45, 7) is -0.0395. The normalized spacial score (nSPS) is 16.4. The number of thiocarbonyl (C=S) groups is 1. The molecular formula is C21H18N2O6S. The average molecular weight is 426 g/mol. The van der Waals surface area contributed by atoms with Crippen molar-refractivity contribution < 1.29 is 28.5 Å². The van der Waals surface area contributed by atoms with Gasteiger partial charge in [-0.05, 0) is 60.3 Å². The molecule has 2 aliphatic rings. The van der Waals surface area contributed by atoms with Crippen molar-refractivity contribution in [1.29, 1.82) is 0 Å². The Bertz CT molecular complexity index is 1050. The minimum atomic E-state index is -0.515. The van der Waals surface area contributed by atoms with Gasteiger partial charge < -0.3 is 23.8 Å². The Labute approximate surface area is 178 Å². The predicted molar refractivity (Wildman–Crippen MR) is 112 cm³/mol. The van der Waals surface area contributed by atoms with Crippen LogP contribution in [-0.2, 0) is 14.3 Å². The first-order valence-electron chi connectivity index (χ1n) is 9.00. The zero-order valence-electron chi connectivity index (χ0n) is 16.3. The summed E-state index contributed by atoms with van der Waals surface area (Å²) in [6.07, 6.45) is 1.66. The van der Waals surface area contributed by atoms with Crippen molar-refractivity contribution in [2.24, 2.45) is 0 Å². The van der Waals surface area contributed by atoms with Crippen LogP contribution in [0.3, 0.4) is 0 Å². The number of methoxy groups -OCH3 is 2. The van der Waals surface area contributed by atoms with Crippen LogP contribution in [0.4, 0.5) is 5.69 Å². The molecule has 2 aromatic carbocycles. The van der Waals surface area contributed by atoms with Crippen molar-refractivity contribution in [2.75, 3.05) is 32.5 Å². The third-order valence-electron chi connectivity index (χ3n) is 4.68. The Balaban J connectivity index is 1.73. The highest BCUT2D eigenvalue weighted by molar-refractivity contribution is 7.80. The summed E-state index contributed by atoms with van der Waals surface area (Å²) in [5, 5.41) is 0.183. The topological polar surface area (TPSA) is 77.5 Å². The number of nitrogens with zero attached hydrogens (tertiary/aromatic N) is 2. The van der Waals surface area contributed by atoms with E-state index >= 15 is 0 Å². The van der Waals surface area contributed by atoms with Gasteiger partial charge in [0.25, 0.3) is 5.91 Å². The SMILES string of the molecule is COC(=O)CN1C(=S)N(c2ccc(OC)cc2)C(=O)C1=Cc1ccc2c(c1)OCO2. The van der Waals surface area contributed by atoms with Crippen molar-refractivity contribution in [1.82, 2.24) is 4.90 Å². The van der Waals surface area contributed by atoms with E-state index in [-0.39, 0.29) is 30.1 Å². The molecule has 0 aromatic heterocycles. The summed E-state index contributed by atoms with van der Waals surface area (Å²) in [5.41, 5.74) is 1.52. The number of anilines is 1. The standard InChI is InChI=1S/C21H18N2O6S/c1-26-15-6-4-14(5-7-15)23-20(25)16(22(21(23)30)11-19(24)27-2)9-13-3-8-17-18(10-13)29-12-28-17/h3-10H,11-12H2,1-2H3. The summed E-state index contributed by atoms with van der Waals surface area (Å²) >= 11 is 5.53. The van der Waals surface area contributed by atoms with E-state index in [1.807, 2.05) is 0 Å². The zero-order chi connectivity index (χ0) is 21.3. The van der Waals surface area contributed by atoms with Crippen LogP contribution in [-0.4, -0.2) is 49.4 Å². The molecule has 2 aliphatic heterocycles. The van der Waals surface area contributed by atoms with Crippen molar-refractivity contribution in [3.05, 3.63) is 53.7 Å². The fraction of sp³-hybridized carbons (Fsp3) is 0.190. The summed E-state index contributed by atoms with van der Waals surface area (Å²) in [4.78, 5) is 28.1.